The van der Waals surface area contributed by atoms with Gasteiger partial charge in [-0.2, -0.15) is 0 Å². The summed E-state index contributed by atoms with van der Waals surface area (Å²) in [5.41, 5.74) is 6.80. The predicted molar refractivity (Wildman–Crippen MR) is 83.1 cm³/mol. The Bertz CT molecular complexity index is 540. The van der Waals surface area contributed by atoms with E-state index in [9.17, 15) is 0 Å². The lowest BCUT2D eigenvalue weighted by atomic mass is 10.0. The van der Waals surface area contributed by atoms with E-state index >= 15 is 0 Å². The summed E-state index contributed by atoms with van der Waals surface area (Å²) in [5.74, 6) is 0.227. The minimum absolute atomic E-state index is 0.0178. The van der Waals surface area contributed by atoms with Crippen LogP contribution in [0.3, 0.4) is 0 Å². The highest BCUT2D eigenvalue weighted by Gasteiger charge is 2.17. The molecule has 1 heterocycles. The Morgan fingerprint density at radius 2 is 2.05 bits per heavy atom. The topological polar surface area (TPSA) is 70.6 Å². The van der Waals surface area contributed by atoms with Crippen molar-refractivity contribution in [2.75, 3.05) is 0 Å². The molecule has 0 aliphatic heterocycles. The molecule has 0 amide bonds. The molecule has 5 heteroatoms. The largest absolute Gasteiger partial charge is 0.409 e. The standard InChI is InChI=1S/C15H19N3OS/c1-11(14-8-5-9-20-14)17-13(10-15(16)18-19)12-6-3-2-4-7-12/h2-9,11,13,17,19H,10H2,1H3,(H2,16,18). The number of rotatable bonds is 6. The van der Waals surface area contributed by atoms with Crippen LogP contribution in [0.4, 0.5) is 0 Å². The first-order valence-corrected chi connectivity index (χ1v) is 7.39. The van der Waals surface area contributed by atoms with Gasteiger partial charge < -0.3 is 16.3 Å². The number of hydrogen-bond donors (Lipinski definition) is 3. The molecule has 2 rings (SSSR count). The highest BCUT2D eigenvalue weighted by molar-refractivity contribution is 7.10. The van der Waals surface area contributed by atoms with Crippen LogP contribution in [0.5, 0.6) is 0 Å². The lowest BCUT2D eigenvalue weighted by Gasteiger charge is -2.23. The van der Waals surface area contributed by atoms with Crippen molar-refractivity contribution < 1.29 is 5.21 Å². The van der Waals surface area contributed by atoms with Gasteiger partial charge in [0.1, 0.15) is 5.84 Å². The number of nitrogens with two attached hydrogens (primary N) is 1. The molecule has 1 aromatic heterocycles. The average Bonchev–Trinajstić information content (AvgIpc) is 3.01. The third-order valence-electron chi connectivity index (χ3n) is 3.16. The van der Waals surface area contributed by atoms with Gasteiger partial charge in [-0.15, -0.1) is 11.3 Å². The first kappa shape index (κ1) is 14.6. The van der Waals surface area contributed by atoms with Gasteiger partial charge in [0.2, 0.25) is 0 Å². The number of amidine groups is 1. The molecule has 0 aliphatic rings. The van der Waals surface area contributed by atoms with Crippen LogP contribution >= 0.6 is 11.3 Å². The zero-order valence-electron chi connectivity index (χ0n) is 11.4. The molecule has 0 spiro atoms. The van der Waals surface area contributed by atoms with Crippen LogP contribution in [-0.2, 0) is 0 Å². The Balaban J connectivity index is 2.14. The van der Waals surface area contributed by atoms with Crippen LogP contribution < -0.4 is 11.1 Å². The molecule has 0 fully saturated rings. The van der Waals surface area contributed by atoms with E-state index in [1.165, 1.54) is 4.88 Å². The molecular weight excluding hydrogens is 270 g/mol. The first-order chi connectivity index (χ1) is 9.70. The minimum Gasteiger partial charge on any atom is -0.409 e. The quantitative estimate of drug-likeness (QED) is 0.331. The second kappa shape index (κ2) is 7.07. The van der Waals surface area contributed by atoms with E-state index in [2.05, 4.69) is 28.8 Å². The fraction of sp³-hybridized carbons (Fsp3) is 0.267. The number of oxime groups is 1. The summed E-state index contributed by atoms with van der Waals surface area (Å²) < 4.78 is 0. The van der Waals surface area contributed by atoms with E-state index in [1.807, 2.05) is 36.4 Å². The van der Waals surface area contributed by atoms with Gasteiger partial charge in [-0.25, -0.2) is 0 Å². The lowest BCUT2D eigenvalue weighted by Crippen LogP contribution is -2.28. The number of nitrogens with one attached hydrogen (secondary N) is 1. The normalized spacial score (nSPS) is 14.9. The summed E-state index contributed by atoms with van der Waals surface area (Å²) in [6.45, 7) is 2.12. The Labute approximate surface area is 122 Å². The van der Waals surface area contributed by atoms with Gasteiger partial charge in [0, 0.05) is 23.4 Å². The Morgan fingerprint density at radius 1 is 1.30 bits per heavy atom. The Morgan fingerprint density at radius 3 is 2.65 bits per heavy atom. The van der Waals surface area contributed by atoms with Crippen LogP contribution in [0.25, 0.3) is 0 Å². The van der Waals surface area contributed by atoms with E-state index in [-0.39, 0.29) is 17.9 Å². The van der Waals surface area contributed by atoms with E-state index in [1.54, 1.807) is 11.3 Å². The maximum Gasteiger partial charge on any atom is 0.141 e. The summed E-state index contributed by atoms with van der Waals surface area (Å²) in [6.07, 6.45) is 0.468. The highest BCUT2D eigenvalue weighted by Crippen LogP contribution is 2.24. The van der Waals surface area contributed by atoms with Gasteiger partial charge in [0.05, 0.1) is 0 Å². The molecule has 0 bridgehead atoms. The predicted octanol–water partition coefficient (Wildman–Crippen LogP) is 3.28. The van der Waals surface area contributed by atoms with E-state index in [0.717, 1.165) is 5.56 Å². The molecule has 2 unspecified atom stereocenters. The third kappa shape index (κ3) is 3.82. The van der Waals surface area contributed by atoms with Gasteiger partial charge >= 0.3 is 0 Å². The summed E-state index contributed by atoms with van der Waals surface area (Å²) in [7, 11) is 0. The molecular formula is C15H19N3OS. The van der Waals surface area contributed by atoms with Gasteiger partial charge in [-0.1, -0.05) is 41.6 Å². The van der Waals surface area contributed by atoms with Crippen LogP contribution in [0, 0.1) is 0 Å². The van der Waals surface area contributed by atoms with Crippen molar-refractivity contribution in [3.05, 3.63) is 58.3 Å². The SMILES string of the molecule is CC(NC(CC(N)=NO)c1ccccc1)c1cccs1. The Kier molecular flexibility index (Phi) is 5.15. The molecule has 2 aromatic rings. The third-order valence-corrected chi connectivity index (χ3v) is 4.22. The molecule has 0 radical (unpaired) electrons. The zero-order chi connectivity index (χ0) is 14.4. The zero-order valence-corrected chi connectivity index (χ0v) is 12.2. The molecule has 0 saturated carbocycles. The summed E-state index contributed by atoms with van der Waals surface area (Å²) in [5, 5.41) is 17.5. The van der Waals surface area contributed by atoms with Gasteiger partial charge in [0.25, 0.3) is 0 Å². The molecule has 0 aliphatic carbocycles. The fourth-order valence-corrected chi connectivity index (χ4v) is 2.87. The number of hydrogen-bond acceptors (Lipinski definition) is 4. The van der Waals surface area contributed by atoms with Crippen molar-refractivity contribution >= 4 is 17.2 Å². The monoisotopic (exact) mass is 289 g/mol. The fourth-order valence-electron chi connectivity index (χ4n) is 2.13. The van der Waals surface area contributed by atoms with Crippen LogP contribution in [0.2, 0.25) is 0 Å². The van der Waals surface area contributed by atoms with Crippen molar-refractivity contribution in [1.29, 1.82) is 0 Å². The van der Waals surface area contributed by atoms with Gasteiger partial charge in [0.15, 0.2) is 0 Å². The molecule has 0 saturated heterocycles. The van der Waals surface area contributed by atoms with Crippen LogP contribution in [0.15, 0.2) is 53.0 Å². The van der Waals surface area contributed by atoms with Crippen LogP contribution in [-0.4, -0.2) is 11.0 Å². The highest BCUT2D eigenvalue weighted by atomic mass is 32.1. The molecule has 1 aromatic carbocycles. The van der Waals surface area contributed by atoms with Crippen molar-refractivity contribution in [2.24, 2.45) is 10.9 Å². The summed E-state index contributed by atoms with van der Waals surface area (Å²) in [6, 6.07) is 14.4. The first-order valence-electron chi connectivity index (χ1n) is 6.51. The van der Waals surface area contributed by atoms with Crippen molar-refractivity contribution in [3.63, 3.8) is 0 Å². The van der Waals surface area contributed by atoms with E-state index < -0.39 is 0 Å². The summed E-state index contributed by atoms with van der Waals surface area (Å²) >= 11 is 1.72. The van der Waals surface area contributed by atoms with Crippen molar-refractivity contribution in [1.82, 2.24) is 5.32 Å². The van der Waals surface area contributed by atoms with E-state index in [0.29, 0.717) is 6.42 Å². The van der Waals surface area contributed by atoms with Gasteiger partial charge in [-0.05, 0) is 23.9 Å². The second-order valence-electron chi connectivity index (χ2n) is 4.66. The number of thiophene rings is 1. The molecule has 2 atom stereocenters. The molecule has 106 valence electrons. The molecule has 20 heavy (non-hydrogen) atoms. The van der Waals surface area contributed by atoms with E-state index in [4.69, 9.17) is 10.9 Å². The average molecular weight is 289 g/mol. The second-order valence-corrected chi connectivity index (χ2v) is 5.64. The smallest absolute Gasteiger partial charge is 0.141 e. The van der Waals surface area contributed by atoms with Gasteiger partial charge in [-0.3, -0.25) is 0 Å². The summed E-state index contributed by atoms with van der Waals surface area (Å²) in [4.78, 5) is 1.27. The Hall–Kier alpha value is -1.85. The maximum absolute atomic E-state index is 8.79. The lowest BCUT2D eigenvalue weighted by molar-refractivity contribution is 0.315. The van der Waals surface area contributed by atoms with Crippen molar-refractivity contribution in [2.45, 2.75) is 25.4 Å². The van der Waals surface area contributed by atoms with Crippen molar-refractivity contribution in [3.8, 4) is 0 Å². The number of nitrogens with zero attached hydrogens (tertiary/aromatic N) is 1. The molecule has 4 N–H and O–H groups in total. The minimum atomic E-state index is 0.0178. The van der Waals surface area contributed by atoms with Crippen LogP contribution in [0.1, 0.15) is 35.9 Å². The maximum atomic E-state index is 8.79. The number of benzene rings is 1. The molecule has 4 nitrogen and oxygen atoms in total.